The van der Waals surface area contributed by atoms with Crippen molar-refractivity contribution in [3.05, 3.63) is 35.4 Å². The quantitative estimate of drug-likeness (QED) is 0.702. The molecule has 0 spiro atoms. The zero-order valence-corrected chi connectivity index (χ0v) is 7.36. The third-order valence-corrected chi connectivity index (χ3v) is 2.56. The standard InChI is InChI=1S/C11H12O2/c12-7-8-5-9-3-1-2-4-10(9)11(13)6-8/h1-4,8,12H,5-7H2/t8-/m1/s1. The Bertz CT molecular complexity index is 331. The van der Waals surface area contributed by atoms with Crippen LogP contribution in [-0.4, -0.2) is 17.5 Å². The zero-order valence-electron chi connectivity index (χ0n) is 7.36. The summed E-state index contributed by atoms with van der Waals surface area (Å²) in [6, 6.07) is 7.65. The van der Waals surface area contributed by atoms with Crippen molar-refractivity contribution in [3.63, 3.8) is 0 Å². The minimum absolute atomic E-state index is 0.111. The molecule has 0 aliphatic heterocycles. The van der Waals surface area contributed by atoms with Crippen molar-refractivity contribution < 1.29 is 9.90 Å². The summed E-state index contributed by atoms with van der Waals surface area (Å²) in [6.45, 7) is 0.111. The van der Waals surface area contributed by atoms with Crippen molar-refractivity contribution in [1.29, 1.82) is 0 Å². The molecule has 0 heterocycles. The molecule has 0 unspecified atom stereocenters. The van der Waals surface area contributed by atoms with Crippen LogP contribution in [0.4, 0.5) is 0 Å². The molecule has 1 aliphatic rings. The highest BCUT2D eigenvalue weighted by atomic mass is 16.3. The van der Waals surface area contributed by atoms with E-state index >= 15 is 0 Å². The minimum Gasteiger partial charge on any atom is -0.396 e. The molecule has 0 saturated carbocycles. The Balaban J connectivity index is 2.37. The first-order valence-corrected chi connectivity index (χ1v) is 4.53. The van der Waals surface area contributed by atoms with E-state index < -0.39 is 0 Å². The van der Waals surface area contributed by atoms with E-state index in [9.17, 15) is 4.79 Å². The van der Waals surface area contributed by atoms with Gasteiger partial charge in [0.05, 0.1) is 0 Å². The van der Waals surface area contributed by atoms with Gasteiger partial charge in [0.2, 0.25) is 0 Å². The largest absolute Gasteiger partial charge is 0.396 e. The first-order valence-electron chi connectivity index (χ1n) is 4.53. The molecule has 1 aliphatic carbocycles. The summed E-state index contributed by atoms with van der Waals surface area (Å²) >= 11 is 0. The maximum atomic E-state index is 11.5. The van der Waals surface area contributed by atoms with Crippen LogP contribution < -0.4 is 0 Å². The topological polar surface area (TPSA) is 37.3 Å². The number of rotatable bonds is 1. The van der Waals surface area contributed by atoms with Gasteiger partial charge in [-0.25, -0.2) is 0 Å². The number of ketones is 1. The summed E-state index contributed by atoms with van der Waals surface area (Å²) in [6.07, 6.45) is 1.33. The lowest BCUT2D eigenvalue weighted by atomic mass is 9.83. The van der Waals surface area contributed by atoms with E-state index in [1.54, 1.807) is 0 Å². The Labute approximate surface area is 77.2 Å². The van der Waals surface area contributed by atoms with E-state index in [1.165, 1.54) is 0 Å². The van der Waals surface area contributed by atoms with E-state index in [1.807, 2.05) is 24.3 Å². The second-order valence-electron chi connectivity index (χ2n) is 3.54. The fourth-order valence-corrected chi connectivity index (χ4v) is 1.85. The van der Waals surface area contributed by atoms with Gasteiger partial charge in [-0.1, -0.05) is 24.3 Å². The molecule has 2 rings (SSSR count). The summed E-state index contributed by atoms with van der Waals surface area (Å²) in [5.74, 6) is 0.295. The van der Waals surface area contributed by atoms with Crippen LogP contribution >= 0.6 is 0 Å². The van der Waals surface area contributed by atoms with Crippen LogP contribution in [0.1, 0.15) is 22.3 Å². The molecular formula is C11H12O2. The van der Waals surface area contributed by atoms with Crippen molar-refractivity contribution in [3.8, 4) is 0 Å². The zero-order chi connectivity index (χ0) is 9.26. The van der Waals surface area contributed by atoms with E-state index in [-0.39, 0.29) is 18.3 Å². The number of hydrogen-bond acceptors (Lipinski definition) is 2. The van der Waals surface area contributed by atoms with Crippen molar-refractivity contribution in [1.82, 2.24) is 0 Å². The second-order valence-corrected chi connectivity index (χ2v) is 3.54. The normalized spacial score (nSPS) is 21.3. The summed E-state index contributed by atoms with van der Waals surface area (Å²) in [5, 5.41) is 8.98. The highest BCUT2D eigenvalue weighted by molar-refractivity contribution is 5.98. The molecule has 0 aromatic heterocycles. The minimum atomic E-state index is 0.111. The summed E-state index contributed by atoms with van der Waals surface area (Å²) in [7, 11) is 0. The number of Topliss-reactive ketones (excluding diaryl/α,β-unsaturated/α-hetero) is 1. The molecule has 0 fully saturated rings. The van der Waals surface area contributed by atoms with Gasteiger partial charge in [0.1, 0.15) is 0 Å². The van der Waals surface area contributed by atoms with Gasteiger partial charge in [0, 0.05) is 18.6 Å². The second kappa shape index (κ2) is 3.30. The Morgan fingerprint density at radius 1 is 1.31 bits per heavy atom. The molecule has 68 valence electrons. The van der Waals surface area contributed by atoms with E-state index in [2.05, 4.69) is 0 Å². The lowest BCUT2D eigenvalue weighted by Crippen LogP contribution is -2.22. The highest BCUT2D eigenvalue weighted by Gasteiger charge is 2.23. The van der Waals surface area contributed by atoms with Crippen molar-refractivity contribution in [2.45, 2.75) is 12.8 Å². The maximum Gasteiger partial charge on any atom is 0.163 e. The first-order chi connectivity index (χ1) is 6.31. The van der Waals surface area contributed by atoms with Crippen LogP contribution in [0.25, 0.3) is 0 Å². The van der Waals surface area contributed by atoms with Crippen LogP contribution in [-0.2, 0) is 6.42 Å². The number of hydrogen-bond donors (Lipinski definition) is 1. The molecule has 2 nitrogen and oxygen atoms in total. The third-order valence-electron chi connectivity index (χ3n) is 2.56. The predicted octanol–water partition coefficient (Wildman–Crippen LogP) is 1.42. The number of carbonyl (C=O) groups is 1. The average Bonchev–Trinajstić information content (AvgIpc) is 2.18. The number of benzene rings is 1. The third kappa shape index (κ3) is 1.49. The monoisotopic (exact) mass is 176 g/mol. The van der Waals surface area contributed by atoms with E-state index in [0.29, 0.717) is 6.42 Å². The average molecular weight is 176 g/mol. The van der Waals surface area contributed by atoms with Gasteiger partial charge in [0.15, 0.2) is 5.78 Å². The summed E-state index contributed by atoms with van der Waals surface area (Å²) in [4.78, 5) is 11.5. The smallest absolute Gasteiger partial charge is 0.163 e. The molecule has 1 aromatic carbocycles. The molecule has 13 heavy (non-hydrogen) atoms. The molecular weight excluding hydrogens is 164 g/mol. The van der Waals surface area contributed by atoms with Gasteiger partial charge in [-0.3, -0.25) is 4.79 Å². The molecule has 0 saturated heterocycles. The molecule has 0 amide bonds. The number of aliphatic hydroxyl groups excluding tert-OH is 1. The van der Waals surface area contributed by atoms with Crippen LogP contribution in [0.3, 0.4) is 0 Å². The Kier molecular flexibility index (Phi) is 2.15. The molecule has 1 atom stereocenters. The van der Waals surface area contributed by atoms with Crippen LogP contribution in [0, 0.1) is 5.92 Å². The molecule has 0 radical (unpaired) electrons. The van der Waals surface area contributed by atoms with Crippen LogP contribution in [0.15, 0.2) is 24.3 Å². The molecule has 2 heteroatoms. The SMILES string of the molecule is O=C1C[C@H](CO)Cc2ccccc21. The van der Waals surface area contributed by atoms with Gasteiger partial charge >= 0.3 is 0 Å². The summed E-state index contributed by atoms with van der Waals surface area (Å²) in [5.41, 5.74) is 1.92. The maximum absolute atomic E-state index is 11.5. The molecule has 1 N–H and O–H groups in total. The van der Waals surface area contributed by atoms with Gasteiger partial charge in [-0.2, -0.15) is 0 Å². The number of fused-ring (bicyclic) bond motifs is 1. The van der Waals surface area contributed by atoms with Gasteiger partial charge < -0.3 is 5.11 Å². The van der Waals surface area contributed by atoms with Crippen molar-refractivity contribution >= 4 is 5.78 Å². The van der Waals surface area contributed by atoms with Crippen molar-refractivity contribution in [2.75, 3.05) is 6.61 Å². The first kappa shape index (κ1) is 8.45. The number of aliphatic hydroxyl groups is 1. The van der Waals surface area contributed by atoms with Gasteiger partial charge in [-0.15, -0.1) is 0 Å². The highest BCUT2D eigenvalue weighted by Crippen LogP contribution is 2.24. The van der Waals surface area contributed by atoms with Gasteiger partial charge in [0.25, 0.3) is 0 Å². The number of carbonyl (C=O) groups excluding carboxylic acids is 1. The Morgan fingerprint density at radius 3 is 2.85 bits per heavy atom. The fraction of sp³-hybridized carbons (Fsp3) is 0.364. The Morgan fingerprint density at radius 2 is 2.08 bits per heavy atom. The molecule has 1 aromatic rings. The summed E-state index contributed by atoms with van der Waals surface area (Å²) < 4.78 is 0. The van der Waals surface area contributed by atoms with Crippen LogP contribution in [0.5, 0.6) is 0 Å². The van der Waals surface area contributed by atoms with Crippen LogP contribution in [0.2, 0.25) is 0 Å². The van der Waals surface area contributed by atoms with Crippen molar-refractivity contribution in [2.24, 2.45) is 5.92 Å². The lowest BCUT2D eigenvalue weighted by molar-refractivity contribution is 0.0919. The lowest BCUT2D eigenvalue weighted by Gasteiger charge is -2.21. The van der Waals surface area contributed by atoms with Gasteiger partial charge in [-0.05, 0) is 17.9 Å². The Hall–Kier alpha value is -1.15. The predicted molar refractivity (Wildman–Crippen MR) is 49.7 cm³/mol. The van der Waals surface area contributed by atoms with E-state index in [4.69, 9.17) is 5.11 Å². The van der Waals surface area contributed by atoms with E-state index in [0.717, 1.165) is 17.5 Å². The fourth-order valence-electron chi connectivity index (χ4n) is 1.85. The molecule has 0 bridgehead atoms.